The molecule has 0 spiro atoms. The van der Waals surface area contributed by atoms with Gasteiger partial charge in [0, 0.05) is 19.6 Å². The molecule has 0 fully saturated rings. The molecule has 6 unspecified atom stereocenters. The molecular formula is C24H51NO6. The van der Waals surface area contributed by atoms with Crippen molar-refractivity contribution < 1.29 is 30.6 Å². The highest BCUT2D eigenvalue weighted by atomic mass is 16.3. The van der Waals surface area contributed by atoms with Crippen molar-refractivity contribution in [1.82, 2.24) is 4.90 Å². The summed E-state index contributed by atoms with van der Waals surface area (Å²) in [6.45, 7) is 7.77. The molecular weight excluding hydrogens is 398 g/mol. The van der Waals surface area contributed by atoms with Crippen LogP contribution in [-0.2, 0) is 0 Å². The summed E-state index contributed by atoms with van der Waals surface area (Å²) < 4.78 is 0. The quantitative estimate of drug-likeness (QED) is 0.159. The van der Waals surface area contributed by atoms with Crippen LogP contribution in [0.3, 0.4) is 0 Å². The largest absolute Gasteiger partial charge is 0.393 e. The van der Waals surface area contributed by atoms with Crippen LogP contribution >= 0.6 is 0 Å². The highest BCUT2D eigenvalue weighted by molar-refractivity contribution is 4.70. The molecule has 0 aliphatic rings. The Morgan fingerprint density at radius 1 is 0.387 bits per heavy atom. The Morgan fingerprint density at radius 2 is 0.613 bits per heavy atom. The molecule has 0 rings (SSSR count). The van der Waals surface area contributed by atoms with Gasteiger partial charge < -0.3 is 35.5 Å². The molecule has 31 heavy (non-hydrogen) atoms. The molecule has 0 aromatic rings. The lowest BCUT2D eigenvalue weighted by atomic mass is 10.0. The van der Waals surface area contributed by atoms with E-state index < -0.39 is 18.3 Å². The molecule has 0 aromatic heterocycles. The third-order valence-electron chi connectivity index (χ3n) is 6.25. The van der Waals surface area contributed by atoms with Crippen LogP contribution in [0.25, 0.3) is 0 Å². The van der Waals surface area contributed by atoms with Crippen molar-refractivity contribution in [3.05, 3.63) is 0 Å². The second-order valence-electron chi connectivity index (χ2n) is 9.09. The summed E-state index contributed by atoms with van der Waals surface area (Å²) in [6.07, 6.45) is 4.79. The van der Waals surface area contributed by atoms with Crippen molar-refractivity contribution >= 4 is 0 Å². The minimum atomic E-state index is -0.474. The zero-order valence-corrected chi connectivity index (χ0v) is 20.2. The first kappa shape index (κ1) is 30.7. The summed E-state index contributed by atoms with van der Waals surface area (Å²) in [6, 6.07) is 0. The average Bonchev–Trinajstić information content (AvgIpc) is 2.78. The van der Waals surface area contributed by atoms with Crippen LogP contribution in [0.2, 0.25) is 0 Å². The van der Waals surface area contributed by atoms with Crippen LogP contribution in [0.15, 0.2) is 0 Å². The van der Waals surface area contributed by atoms with Crippen LogP contribution < -0.4 is 0 Å². The third kappa shape index (κ3) is 17.9. The van der Waals surface area contributed by atoms with E-state index in [1.165, 1.54) is 0 Å². The van der Waals surface area contributed by atoms with Gasteiger partial charge in [0.25, 0.3) is 0 Å². The molecule has 0 aromatic carbocycles. The van der Waals surface area contributed by atoms with Crippen LogP contribution in [-0.4, -0.2) is 91.8 Å². The number of hydrogen-bond acceptors (Lipinski definition) is 7. The van der Waals surface area contributed by atoms with Gasteiger partial charge >= 0.3 is 0 Å². The monoisotopic (exact) mass is 449 g/mol. The maximum absolute atomic E-state index is 10.3. The van der Waals surface area contributed by atoms with Crippen molar-refractivity contribution in [1.29, 1.82) is 0 Å². The molecule has 0 amide bonds. The molecule has 0 bridgehead atoms. The van der Waals surface area contributed by atoms with E-state index in [2.05, 4.69) is 4.90 Å². The van der Waals surface area contributed by atoms with Gasteiger partial charge in [-0.1, -0.05) is 20.8 Å². The number of rotatable bonds is 21. The van der Waals surface area contributed by atoms with E-state index >= 15 is 0 Å². The summed E-state index contributed by atoms with van der Waals surface area (Å²) in [5.74, 6) is 0. The standard InChI is InChI=1S/C24H51NO6/c1-4-19(26)7-10-22(29)13-16-25(17-14-23(30)11-8-20(27)5-2)18-15-24(31)12-9-21(28)6-3/h19-24,26-31H,4-18H2,1-3H3. The van der Waals surface area contributed by atoms with Crippen LogP contribution in [0, 0.1) is 0 Å². The molecule has 0 aliphatic carbocycles. The Hall–Kier alpha value is -0.280. The summed E-state index contributed by atoms with van der Waals surface area (Å²) in [5, 5.41) is 59.8. The summed E-state index contributed by atoms with van der Waals surface area (Å²) in [5.41, 5.74) is 0. The Kier molecular flexibility index (Phi) is 19.0. The minimum absolute atomic E-state index is 0.368. The summed E-state index contributed by atoms with van der Waals surface area (Å²) >= 11 is 0. The fourth-order valence-electron chi connectivity index (χ4n) is 3.53. The van der Waals surface area contributed by atoms with Crippen molar-refractivity contribution in [3.8, 4) is 0 Å². The van der Waals surface area contributed by atoms with Gasteiger partial charge in [0.2, 0.25) is 0 Å². The van der Waals surface area contributed by atoms with Gasteiger partial charge in [0.05, 0.1) is 36.6 Å². The third-order valence-corrected chi connectivity index (χ3v) is 6.25. The predicted octanol–water partition coefficient (Wildman–Crippen LogP) is 2.19. The van der Waals surface area contributed by atoms with E-state index in [1.807, 2.05) is 20.8 Å². The maximum Gasteiger partial charge on any atom is 0.0553 e. The summed E-state index contributed by atoms with van der Waals surface area (Å²) in [7, 11) is 0. The van der Waals surface area contributed by atoms with Gasteiger partial charge in [-0.2, -0.15) is 0 Å². The molecule has 6 atom stereocenters. The van der Waals surface area contributed by atoms with E-state index in [1.54, 1.807) is 0 Å². The Labute approximate surface area is 190 Å². The molecule has 188 valence electrons. The Balaban J connectivity index is 4.48. The van der Waals surface area contributed by atoms with Crippen molar-refractivity contribution in [3.63, 3.8) is 0 Å². The van der Waals surface area contributed by atoms with Gasteiger partial charge in [0.15, 0.2) is 0 Å². The topological polar surface area (TPSA) is 125 Å². The number of nitrogens with zero attached hydrogens (tertiary/aromatic N) is 1. The fourth-order valence-corrected chi connectivity index (χ4v) is 3.53. The first-order chi connectivity index (χ1) is 14.7. The molecule has 7 heteroatoms. The zero-order chi connectivity index (χ0) is 23.6. The second kappa shape index (κ2) is 19.2. The van der Waals surface area contributed by atoms with E-state index in [9.17, 15) is 30.6 Å². The van der Waals surface area contributed by atoms with Gasteiger partial charge in [-0.15, -0.1) is 0 Å². The molecule has 7 nitrogen and oxygen atoms in total. The molecule has 0 saturated heterocycles. The van der Waals surface area contributed by atoms with Gasteiger partial charge in [-0.25, -0.2) is 0 Å². The summed E-state index contributed by atoms with van der Waals surface area (Å²) in [4.78, 5) is 2.17. The lowest BCUT2D eigenvalue weighted by Gasteiger charge is -2.26. The lowest BCUT2D eigenvalue weighted by Crippen LogP contribution is -2.33. The molecule has 6 N–H and O–H groups in total. The smallest absolute Gasteiger partial charge is 0.0553 e. The second-order valence-corrected chi connectivity index (χ2v) is 9.09. The first-order valence-electron chi connectivity index (χ1n) is 12.5. The Morgan fingerprint density at radius 3 is 0.839 bits per heavy atom. The van der Waals surface area contributed by atoms with E-state index in [4.69, 9.17) is 0 Å². The molecule has 0 aliphatic heterocycles. The fraction of sp³-hybridized carbons (Fsp3) is 1.00. The van der Waals surface area contributed by atoms with Gasteiger partial charge in [0.1, 0.15) is 0 Å². The van der Waals surface area contributed by atoms with Gasteiger partial charge in [-0.05, 0) is 77.0 Å². The molecule has 0 heterocycles. The highest BCUT2D eigenvalue weighted by Crippen LogP contribution is 2.13. The Bertz CT molecular complexity index is 343. The number of hydrogen-bond donors (Lipinski definition) is 6. The molecule has 0 saturated carbocycles. The lowest BCUT2D eigenvalue weighted by molar-refractivity contribution is 0.0735. The van der Waals surface area contributed by atoms with Gasteiger partial charge in [-0.3, -0.25) is 0 Å². The maximum atomic E-state index is 10.3. The predicted molar refractivity (Wildman–Crippen MR) is 125 cm³/mol. The van der Waals surface area contributed by atoms with Crippen LogP contribution in [0.4, 0.5) is 0 Å². The van der Waals surface area contributed by atoms with E-state index in [-0.39, 0.29) is 18.3 Å². The molecule has 0 radical (unpaired) electrons. The highest BCUT2D eigenvalue weighted by Gasteiger charge is 2.16. The van der Waals surface area contributed by atoms with Crippen LogP contribution in [0.5, 0.6) is 0 Å². The van der Waals surface area contributed by atoms with E-state index in [0.29, 0.717) is 96.7 Å². The zero-order valence-electron chi connectivity index (χ0n) is 20.2. The number of aliphatic hydroxyl groups excluding tert-OH is 6. The van der Waals surface area contributed by atoms with Crippen molar-refractivity contribution in [2.75, 3.05) is 19.6 Å². The van der Waals surface area contributed by atoms with Crippen LogP contribution in [0.1, 0.15) is 97.8 Å². The SMILES string of the molecule is CCC(O)CCC(O)CCN(CCC(O)CCC(O)CC)CCC(O)CCC(O)CC. The first-order valence-corrected chi connectivity index (χ1v) is 12.5. The average molecular weight is 450 g/mol. The normalized spacial score (nSPS) is 18.0. The van der Waals surface area contributed by atoms with Crippen molar-refractivity contribution in [2.24, 2.45) is 0 Å². The van der Waals surface area contributed by atoms with E-state index in [0.717, 1.165) is 0 Å². The van der Waals surface area contributed by atoms with Crippen molar-refractivity contribution in [2.45, 2.75) is 134 Å². The number of aliphatic hydroxyl groups is 6. The minimum Gasteiger partial charge on any atom is -0.393 e.